The molecule has 0 spiro atoms. The van der Waals surface area contributed by atoms with Crippen LogP contribution in [0.1, 0.15) is 22.5 Å². The summed E-state index contributed by atoms with van der Waals surface area (Å²) in [6.45, 7) is -2.47. The molecule has 9 heteroatoms. The van der Waals surface area contributed by atoms with Gasteiger partial charge >= 0.3 is 6.61 Å². The van der Waals surface area contributed by atoms with Gasteiger partial charge in [-0.2, -0.15) is 8.78 Å². The molecule has 1 aliphatic rings. The van der Waals surface area contributed by atoms with Crippen LogP contribution in [0, 0.1) is 0 Å². The first-order valence-corrected chi connectivity index (χ1v) is 9.11. The van der Waals surface area contributed by atoms with E-state index < -0.39 is 12.7 Å². The number of ether oxygens (including phenoxy) is 1. The van der Waals surface area contributed by atoms with Crippen LogP contribution in [0.3, 0.4) is 0 Å². The summed E-state index contributed by atoms with van der Waals surface area (Å²) in [5.41, 5.74) is 0.344. The number of benzene rings is 1. The Bertz CT molecular complexity index is 801. The molecule has 0 saturated carbocycles. The van der Waals surface area contributed by atoms with Gasteiger partial charge in [-0.05, 0) is 42.5 Å². The number of alkyl halides is 2. The molecular formula is C17H15ClF2N2O3S. The lowest BCUT2D eigenvalue weighted by molar-refractivity contribution is -0.119. The maximum absolute atomic E-state index is 12.6. The number of halogens is 3. The number of likely N-dealkylation sites (tertiary alicyclic amines) is 1. The molecule has 2 amide bonds. The minimum absolute atomic E-state index is 0.0407. The van der Waals surface area contributed by atoms with Crippen molar-refractivity contribution in [2.75, 3.05) is 11.9 Å². The average Bonchev–Trinajstić information content (AvgIpc) is 3.28. The highest BCUT2D eigenvalue weighted by Crippen LogP contribution is 2.30. The zero-order valence-electron chi connectivity index (χ0n) is 13.5. The second-order valence-electron chi connectivity index (χ2n) is 5.65. The summed E-state index contributed by atoms with van der Waals surface area (Å²) in [5.74, 6) is -0.683. The highest BCUT2D eigenvalue weighted by molar-refractivity contribution is 7.12. The minimum atomic E-state index is -2.98. The van der Waals surface area contributed by atoms with Gasteiger partial charge in [0, 0.05) is 12.2 Å². The van der Waals surface area contributed by atoms with E-state index >= 15 is 0 Å². The average molecular weight is 401 g/mol. The quantitative estimate of drug-likeness (QED) is 0.816. The molecule has 1 atom stereocenters. The van der Waals surface area contributed by atoms with E-state index in [0.29, 0.717) is 23.5 Å². The molecule has 3 rings (SSSR count). The first-order valence-electron chi connectivity index (χ1n) is 7.85. The fourth-order valence-corrected chi connectivity index (χ4v) is 3.72. The maximum atomic E-state index is 12.6. The molecule has 1 N–H and O–H groups in total. The third kappa shape index (κ3) is 4.13. The largest absolute Gasteiger partial charge is 0.433 e. The molecular weight excluding hydrogens is 386 g/mol. The summed E-state index contributed by atoms with van der Waals surface area (Å²) in [5, 5.41) is 4.45. The molecule has 5 nitrogen and oxygen atoms in total. The monoisotopic (exact) mass is 400 g/mol. The van der Waals surface area contributed by atoms with Gasteiger partial charge in [-0.15, -0.1) is 11.3 Å². The van der Waals surface area contributed by atoms with E-state index in [1.165, 1.54) is 29.5 Å². The van der Waals surface area contributed by atoms with Crippen LogP contribution in [0.15, 0.2) is 35.7 Å². The Kier molecular flexibility index (Phi) is 5.73. The molecule has 26 heavy (non-hydrogen) atoms. The highest BCUT2D eigenvalue weighted by atomic mass is 35.5. The fraction of sp³-hybridized carbons (Fsp3) is 0.294. The lowest BCUT2D eigenvalue weighted by Crippen LogP contribution is -2.42. The smallest absolute Gasteiger partial charge is 0.387 e. The summed E-state index contributed by atoms with van der Waals surface area (Å²) >= 11 is 7.22. The number of rotatable bonds is 5. The van der Waals surface area contributed by atoms with Gasteiger partial charge in [0.2, 0.25) is 5.91 Å². The van der Waals surface area contributed by atoms with Crippen LogP contribution < -0.4 is 10.1 Å². The van der Waals surface area contributed by atoms with Crippen molar-refractivity contribution in [3.05, 3.63) is 45.6 Å². The second kappa shape index (κ2) is 8.01. The first kappa shape index (κ1) is 18.6. The molecule has 1 saturated heterocycles. The minimum Gasteiger partial charge on any atom is -0.433 e. The van der Waals surface area contributed by atoms with Crippen LogP contribution in [0.2, 0.25) is 5.02 Å². The number of nitrogens with one attached hydrogen (secondary N) is 1. The molecule has 0 radical (unpaired) electrons. The number of anilines is 1. The summed E-state index contributed by atoms with van der Waals surface area (Å²) < 4.78 is 28.8. The van der Waals surface area contributed by atoms with Crippen molar-refractivity contribution in [1.29, 1.82) is 0 Å². The zero-order valence-corrected chi connectivity index (χ0v) is 15.0. The van der Waals surface area contributed by atoms with Crippen molar-refractivity contribution in [1.82, 2.24) is 4.90 Å². The third-order valence-corrected chi connectivity index (χ3v) is 5.12. The van der Waals surface area contributed by atoms with Crippen LogP contribution in [-0.4, -0.2) is 35.9 Å². The van der Waals surface area contributed by atoms with Crippen molar-refractivity contribution in [2.45, 2.75) is 25.5 Å². The van der Waals surface area contributed by atoms with E-state index in [1.807, 2.05) is 5.38 Å². The van der Waals surface area contributed by atoms with Gasteiger partial charge in [-0.1, -0.05) is 17.7 Å². The van der Waals surface area contributed by atoms with Crippen LogP contribution in [0.4, 0.5) is 14.5 Å². The number of carbonyl (C=O) groups excluding carboxylic acids is 2. The molecule has 0 unspecified atom stereocenters. The summed E-state index contributed by atoms with van der Waals surface area (Å²) in [6, 6.07) is 6.93. The van der Waals surface area contributed by atoms with E-state index in [1.54, 1.807) is 17.0 Å². The highest BCUT2D eigenvalue weighted by Gasteiger charge is 2.35. The zero-order chi connectivity index (χ0) is 18.7. The Morgan fingerprint density at radius 2 is 2.15 bits per heavy atom. The molecule has 0 aliphatic carbocycles. The normalized spacial score (nSPS) is 16.8. The summed E-state index contributed by atoms with van der Waals surface area (Å²) in [4.78, 5) is 27.2. The van der Waals surface area contributed by atoms with Crippen molar-refractivity contribution in [3.63, 3.8) is 0 Å². The van der Waals surface area contributed by atoms with Crippen LogP contribution in [0.25, 0.3) is 0 Å². The van der Waals surface area contributed by atoms with E-state index in [9.17, 15) is 18.4 Å². The molecule has 1 fully saturated rings. The Morgan fingerprint density at radius 3 is 2.81 bits per heavy atom. The Hall–Kier alpha value is -2.19. The van der Waals surface area contributed by atoms with Gasteiger partial charge in [0.05, 0.1) is 9.90 Å². The van der Waals surface area contributed by atoms with E-state index in [2.05, 4.69) is 10.1 Å². The van der Waals surface area contributed by atoms with Crippen molar-refractivity contribution < 1.29 is 23.1 Å². The number of hydrogen-bond donors (Lipinski definition) is 1. The number of hydrogen-bond acceptors (Lipinski definition) is 4. The molecule has 138 valence electrons. The molecule has 2 heterocycles. The number of thiophene rings is 1. The molecule has 1 aliphatic heterocycles. The van der Waals surface area contributed by atoms with Crippen LogP contribution in [0.5, 0.6) is 5.75 Å². The van der Waals surface area contributed by atoms with Gasteiger partial charge in [0.15, 0.2) is 0 Å². The predicted octanol–water partition coefficient (Wildman–Crippen LogP) is 4.25. The Labute approximate surface area is 157 Å². The van der Waals surface area contributed by atoms with Crippen molar-refractivity contribution in [3.8, 4) is 5.75 Å². The van der Waals surface area contributed by atoms with Gasteiger partial charge in [-0.3, -0.25) is 9.59 Å². The first-order chi connectivity index (χ1) is 12.5. The van der Waals surface area contributed by atoms with Gasteiger partial charge in [0.25, 0.3) is 5.91 Å². The van der Waals surface area contributed by atoms with E-state index in [-0.39, 0.29) is 22.6 Å². The standard InChI is InChI=1S/C17H15ClF2N2O3S/c18-11-9-10(5-6-13(11)25-17(19)20)21-15(23)12-3-1-7-22(12)16(24)14-4-2-8-26-14/h2,4-6,8-9,12,17H,1,3,7H2,(H,21,23)/t12-/m1/s1. The van der Waals surface area contributed by atoms with Gasteiger partial charge in [-0.25, -0.2) is 0 Å². The molecule has 1 aromatic carbocycles. The van der Waals surface area contributed by atoms with Crippen LogP contribution in [-0.2, 0) is 4.79 Å². The van der Waals surface area contributed by atoms with E-state index in [0.717, 1.165) is 6.42 Å². The van der Waals surface area contributed by atoms with Crippen molar-refractivity contribution >= 4 is 40.4 Å². The molecule has 1 aromatic heterocycles. The Morgan fingerprint density at radius 1 is 1.35 bits per heavy atom. The van der Waals surface area contributed by atoms with Gasteiger partial charge < -0.3 is 15.0 Å². The van der Waals surface area contributed by atoms with Crippen molar-refractivity contribution in [2.24, 2.45) is 0 Å². The van der Waals surface area contributed by atoms with E-state index in [4.69, 9.17) is 11.6 Å². The number of carbonyl (C=O) groups is 2. The summed E-state index contributed by atoms with van der Waals surface area (Å²) in [6.07, 6.45) is 1.29. The summed E-state index contributed by atoms with van der Waals surface area (Å²) in [7, 11) is 0. The molecule has 2 aromatic rings. The number of nitrogens with zero attached hydrogens (tertiary/aromatic N) is 1. The third-order valence-electron chi connectivity index (χ3n) is 3.96. The predicted molar refractivity (Wildman–Crippen MR) is 95.1 cm³/mol. The maximum Gasteiger partial charge on any atom is 0.387 e. The lowest BCUT2D eigenvalue weighted by Gasteiger charge is -2.23. The Balaban J connectivity index is 1.69. The lowest BCUT2D eigenvalue weighted by atomic mass is 10.2. The SMILES string of the molecule is O=C(Nc1ccc(OC(F)F)c(Cl)c1)[C@H]1CCCN1C(=O)c1cccs1. The van der Waals surface area contributed by atoms with Gasteiger partial charge in [0.1, 0.15) is 11.8 Å². The van der Waals surface area contributed by atoms with Crippen LogP contribution >= 0.6 is 22.9 Å². The topological polar surface area (TPSA) is 58.6 Å². The fourth-order valence-electron chi connectivity index (χ4n) is 2.82. The second-order valence-corrected chi connectivity index (χ2v) is 7.00. The molecule has 0 bridgehead atoms. The number of amides is 2.